The van der Waals surface area contributed by atoms with Gasteiger partial charge in [-0.2, -0.15) is 0 Å². The molecule has 0 spiro atoms. The van der Waals surface area contributed by atoms with Crippen LogP contribution in [-0.2, 0) is 6.42 Å². The van der Waals surface area contributed by atoms with Crippen molar-refractivity contribution in [3.05, 3.63) is 58.3 Å². The van der Waals surface area contributed by atoms with E-state index in [1.807, 2.05) is 11.3 Å². The van der Waals surface area contributed by atoms with E-state index in [1.165, 1.54) is 68.7 Å². The van der Waals surface area contributed by atoms with Gasteiger partial charge in [0.1, 0.15) is 0 Å². The molecule has 1 N–H and O–H groups in total. The number of rotatable bonds is 8. The van der Waals surface area contributed by atoms with Crippen LogP contribution < -0.4 is 5.32 Å². The summed E-state index contributed by atoms with van der Waals surface area (Å²) in [5.74, 6) is 1.64. The molecule has 1 saturated heterocycles. The number of aryl methyl sites for hydroxylation is 1. The molecule has 2 heterocycles. The second-order valence-corrected chi connectivity index (χ2v) is 8.77. The monoisotopic (exact) mass is 354 g/mol. The third-order valence-corrected chi connectivity index (χ3v) is 6.81. The lowest BCUT2D eigenvalue weighted by Gasteiger charge is -2.32. The van der Waals surface area contributed by atoms with Gasteiger partial charge in [0.2, 0.25) is 0 Å². The summed E-state index contributed by atoms with van der Waals surface area (Å²) < 4.78 is 0. The van der Waals surface area contributed by atoms with Crippen LogP contribution in [0.2, 0.25) is 0 Å². The number of benzene rings is 1. The van der Waals surface area contributed by atoms with Crippen molar-refractivity contribution in [3.63, 3.8) is 0 Å². The zero-order chi connectivity index (χ0) is 16.9. The first kappa shape index (κ1) is 17.3. The van der Waals surface area contributed by atoms with Crippen LogP contribution in [0, 0.1) is 5.92 Å². The van der Waals surface area contributed by atoms with Crippen molar-refractivity contribution >= 4 is 11.3 Å². The molecule has 2 aliphatic rings. The lowest BCUT2D eigenvalue weighted by Crippen LogP contribution is -2.38. The van der Waals surface area contributed by atoms with Crippen molar-refractivity contribution in [1.82, 2.24) is 10.2 Å². The number of nitrogens with zero attached hydrogens (tertiary/aromatic N) is 1. The van der Waals surface area contributed by atoms with Crippen molar-refractivity contribution in [2.75, 3.05) is 26.2 Å². The van der Waals surface area contributed by atoms with E-state index in [1.54, 1.807) is 0 Å². The Labute approximate surface area is 156 Å². The van der Waals surface area contributed by atoms with E-state index >= 15 is 0 Å². The number of nitrogens with one attached hydrogen (secondary N) is 1. The van der Waals surface area contributed by atoms with Crippen LogP contribution >= 0.6 is 11.3 Å². The van der Waals surface area contributed by atoms with Crippen LogP contribution in [0.25, 0.3) is 0 Å². The molecule has 1 aliphatic heterocycles. The number of likely N-dealkylation sites (tertiary alicyclic amines) is 1. The Hall–Kier alpha value is -1.16. The third kappa shape index (κ3) is 4.93. The van der Waals surface area contributed by atoms with Crippen molar-refractivity contribution < 1.29 is 0 Å². The third-order valence-electron chi connectivity index (χ3n) is 5.87. The van der Waals surface area contributed by atoms with Crippen LogP contribution in [0.4, 0.5) is 0 Å². The molecule has 2 nitrogen and oxygen atoms in total. The first-order valence-corrected chi connectivity index (χ1v) is 10.8. The van der Waals surface area contributed by atoms with Crippen LogP contribution in [-0.4, -0.2) is 37.1 Å². The standard InChI is InChI=1S/C22H30N2S/c1-2-6-19(7-3-1)21-16-22(21)23-17-18-10-13-24(14-11-18)12-4-8-20-9-5-15-25-20/h1-3,5-7,9,15,18,21-23H,4,8,10-14,16-17H2. The number of hydrogen-bond acceptors (Lipinski definition) is 3. The van der Waals surface area contributed by atoms with Gasteiger partial charge in [-0.3, -0.25) is 0 Å². The van der Waals surface area contributed by atoms with Gasteiger partial charge in [-0.25, -0.2) is 0 Å². The fourth-order valence-corrected chi connectivity index (χ4v) is 4.90. The average Bonchev–Trinajstić information content (AvgIpc) is 3.26. The molecule has 3 heteroatoms. The minimum Gasteiger partial charge on any atom is -0.313 e. The maximum Gasteiger partial charge on any atom is 0.0143 e. The first-order chi connectivity index (χ1) is 12.4. The highest BCUT2D eigenvalue weighted by Crippen LogP contribution is 2.40. The number of piperidine rings is 1. The molecule has 2 aromatic rings. The minimum atomic E-state index is 0.728. The summed E-state index contributed by atoms with van der Waals surface area (Å²) in [6.07, 6.45) is 6.63. The van der Waals surface area contributed by atoms with Gasteiger partial charge in [-0.1, -0.05) is 36.4 Å². The van der Waals surface area contributed by atoms with E-state index in [2.05, 4.69) is 58.1 Å². The maximum absolute atomic E-state index is 3.83. The maximum atomic E-state index is 3.83. The highest BCUT2D eigenvalue weighted by atomic mass is 32.1. The molecule has 25 heavy (non-hydrogen) atoms. The van der Waals surface area contributed by atoms with E-state index < -0.39 is 0 Å². The lowest BCUT2D eigenvalue weighted by atomic mass is 9.96. The molecule has 134 valence electrons. The van der Waals surface area contributed by atoms with Gasteiger partial charge in [-0.15, -0.1) is 11.3 Å². The van der Waals surface area contributed by atoms with Gasteiger partial charge in [0.15, 0.2) is 0 Å². The normalized spacial score (nSPS) is 24.5. The molecule has 2 fully saturated rings. The fraction of sp³-hybridized carbons (Fsp3) is 0.545. The van der Waals surface area contributed by atoms with Gasteiger partial charge in [-0.05, 0) is 81.2 Å². The second kappa shape index (κ2) is 8.48. The quantitative estimate of drug-likeness (QED) is 0.749. The van der Waals surface area contributed by atoms with Gasteiger partial charge < -0.3 is 10.2 Å². The second-order valence-electron chi connectivity index (χ2n) is 7.74. The molecule has 0 bridgehead atoms. The first-order valence-electron chi connectivity index (χ1n) is 9.91. The fourth-order valence-electron chi connectivity index (χ4n) is 4.15. The number of thiophene rings is 1. The Morgan fingerprint density at radius 1 is 1.04 bits per heavy atom. The molecule has 4 rings (SSSR count). The molecule has 0 amide bonds. The van der Waals surface area contributed by atoms with Gasteiger partial charge >= 0.3 is 0 Å². The summed E-state index contributed by atoms with van der Waals surface area (Å²) in [5, 5.41) is 6.02. The molecule has 1 saturated carbocycles. The van der Waals surface area contributed by atoms with Crippen molar-refractivity contribution in [2.24, 2.45) is 5.92 Å². The van der Waals surface area contributed by atoms with Crippen LogP contribution in [0.3, 0.4) is 0 Å². The predicted octanol–water partition coefficient (Wildman–Crippen LogP) is 4.54. The van der Waals surface area contributed by atoms with Crippen molar-refractivity contribution in [2.45, 2.75) is 44.1 Å². The minimum absolute atomic E-state index is 0.728. The largest absolute Gasteiger partial charge is 0.313 e. The molecule has 0 radical (unpaired) electrons. The highest BCUT2D eigenvalue weighted by Gasteiger charge is 2.38. The molecule has 1 aromatic carbocycles. The van der Waals surface area contributed by atoms with E-state index in [0.717, 1.165) is 17.9 Å². The SMILES string of the molecule is c1ccc(C2CC2NCC2CCN(CCCc3cccs3)CC2)cc1. The van der Waals surface area contributed by atoms with E-state index in [0.29, 0.717) is 0 Å². The zero-order valence-electron chi connectivity index (χ0n) is 15.1. The van der Waals surface area contributed by atoms with Crippen LogP contribution in [0.5, 0.6) is 0 Å². The highest BCUT2D eigenvalue weighted by molar-refractivity contribution is 7.09. The summed E-state index contributed by atoms with van der Waals surface area (Å²) >= 11 is 1.90. The van der Waals surface area contributed by atoms with Gasteiger partial charge in [0.05, 0.1) is 0 Å². The number of hydrogen-bond donors (Lipinski definition) is 1. The Bertz CT molecular complexity index is 617. The molecule has 2 unspecified atom stereocenters. The summed E-state index contributed by atoms with van der Waals surface area (Å²) in [7, 11) is 0. The van der Waals surface area contributed by atoms with Crippen molar-refractivity contribution in [3.8, 4) is 0 Å². The topological polar surface area (TPSA) is 15.3 Å². The molecule has 1 aromatic heterocycles. The Morgan fingerprint density at radius 2 is 1.88 bits per heavy atom. The Kier molecular flexibility index (Phi) is 5.86. The van der Waals surface area contributed by atoms with Crippen LogP contribution in [0.1, 0.15) is 42.0 Å². The average molecular weight is 355 g/mol. The smallest absolute Gasteiger partial charge is 0.0143 e. The van der Waals surface area contributed by atoms with Crippen LogP contribution in [0.15, 0.2) is 47.8 Å². The predicted molar refractivity (Wildman–Crippen MR) is 107 cm³/mol. The Balaban J connectivity index is 1.10. The van der Waals surface area contributed by atoms with E-state index in [-0.39, 0.29) is 0 Å². The van der Waals surface area contributed by atoms with Crippen molar-refractivity contribution in [1.29, 1.82) is 0 Å². The summed E-state index contributed by atoms with van der Waals surface area (Å²) in [6.45, 7) is 5.08. The lowest BCUT2D eigenvalue weighted by molar-refractivity contribution is 0.180. The van der Waals surface area contributed by atoms with Gasteiger partial charge in [0.25, 0.3) is 0 Å². The summed E-state index contributed by atoms with van der Waals surface area (Å²) in [5.41, 5.74) is 1.51. The molecular weight excluding hydrogens is 324 g/mol. The summed E-state index contributed by atoms with van der Waals surface area (Å²) in [6, 6.07) is 16.2. The summed E-state index contributed by atoms with van der Waals surface area (Å²) in [4.78, 5) is 4.21. The zero-order valence-corrected chi connectivity index (χ0v) is 15.9. The molecule has 1 aliphatic carbocycles. The van der Waals surface area contributed by atoms with E-state index in [4.69, 9.17) is 0 Å². The molecule has 2 atom stereocenters. The Morgan fingerprint density at radius 3 is 2.64 bits per heavy atom. The molecular formula is C22H30N2S. The van der Waals surface area contributed by atoms with E-state index in [9.17, 15) is 0 Å². The van der Waals surface area contributed by atoms with Gasteiger partial charge in [0, 0.05) is 16.8 Å².